The van der Waals surface area contributed by atoms with E-state index in [0.29, 0.717) is 22.4 Å². The predicted octanol–water partition coefficient (Wildman–Crippen LogP) is 3.21. The molecule has 0 fully saturated rings. The predicted molar refractivity (Wildman–Crippen MR) is 65.5 cm³/mol. The van der Waals surface area contributed by atoms with Crippen molar-refractivity contribution in [3.63, 3.8) is 0 Å². The van der Waals surface area contributed by atoms with Gasteiger partial charge in [0.2, 0.25) is 5.78 Å². The molecule has 4 heteroatoms. The number of hydrogen-bond acceptors (Lipinski definition) is 3. The molecule has 0 saturated heterocycles. The van der Waals surface area contributed by atoms with Gasteiger partial charge in [0.1, 0.15) is 5.75 Å². The van der Waals surface area contributed by atoms with Crippen LogP contribution in [-0.4, -0.2) is 12.4 Å². The van der Waals surface area contributed by atoms with Crippen molar-refractivity contribution in [3.8, 4) is 5.75 Å². The van der Waals surface area contributed by atoms with Crippen LogP contribution in [0.25, 0.3) is 0 Å². The fourth-order valence-electron chi connectivity index (χ4n) is 1.91. The number of furan rings is 1. The van der Waals surface area contributed by atoms with Crippen LogP contribution in [0.15, 0.2) is 39.4 Å². The van der Waals surface area contributed by atoms with E-state index in [4.69, 9.17) is 9.15 Å². The maximum absolute atomic E-state index is 12.2. The van der Waals surface area contributed by atoms with E-state index in [1.54, 1.807) is 12.1 Å². The van der Waals surface area contributed by atoms with E-state index >= 15 is 0 Å². The first kappa shape index (κ1) is 10.6. The molecule has 0 N–H and O–H groups in total. The van der Waals surface area contributed by atoms with E-state index in [9.17, 15) is 4.79 Å². The lowest BCUT2D eigenvalue weighted by Crippen LogP contribution is -2.00. The first-order valence-electron chi connectivity index (χ1n) is 5.29. The van der Waals surface area contributed by atoms with Gasteiger partial charge in [-0.2, -0.15) is 0 Å². The summed E-state index contributed by atoms with van der Waals surface area (Å²) < 4.78 is 11.3. The third kappa shape index (κ3) is 1.78. The zero-order chi connectivity index (χ0) is 11.8. The number of ether oxygens (including phenoxy) is 1. The van der Waals surface area contributed by atoms with Crippen LogP contribution in [0.3, 0.4) is 0 Å². The summed E-state index contributed by atoms with van der Waals surface area (Å²) in [5.74, 6) is 1.10. The number of hydrogen-bond donors (Lipinski definition) is 0. The number of rotatable bonds is 2. The largest absolute Gasteiger partial charge is 0.493 e. The third-order valence-corrected chi connectivity index (χ3v) is 3.40. The molecule has 1 aliphatic rings. The fraction of sp³-hybridized carbons (Fsp3) is 0.154. The van der Waals surface area contributed by atoms with E-state index in [0.717, 1.165) is 17.7 Å². The lowest BCUT2D eigenvalue weighted by molar-refractivity contribution is 0.101. The summed E-state index contributed by atoms with van der Waals surface area (Å²) in [6, 6.07) is 7.19. The van der Waals surface area contributed by atoms with Gasteiger partial charge in [-0.05, 0) is 45.8 Å². The Balaban J connectivity index is 2.00. The summed E-state index contributed by atoms with van der Waals surface area (Å²) in [4.78, 5) is 12.2. The molecular weight excluding hydrogens is 284 g/mol. The molecule has 3 rings (SSSR count). The second-order valence-corrected chi connectivity index (χ2v) is 4.70. The lowest BCUT2D eigenvalue weighted by atomic mass is 10.0. The molecule has 0 amide bonds. The molecule has 1 aromatic heterocycles. The van der Waals surface area contributed by atoms with Crippen molar-refractivity contribution >= 4 is 21.7 Å². The number of ketones is 1. The van der Waals surface area contributed by atoms with Crippen molar-refractivity contribution in [3.05, 3.63) is 51.9 Å². The monoisotopic (exact) mass is 292 g/mol. The van der Waals surface area contributed by atoms with Gasteiger partial charge in [-0.15, -0.1) is 0 Å². The Kier molecular flexibility index (Phi) is 2.52. The Bertz CT molecular complexity index is 586. The van der Waals surface area contributed by atoms with Gasteiger partial charge in [0.25, 0.3) is 0 Å². The molecule has 0 saturated carbocycles. The smallest absolute Gasteiger partial charge is 0.229 e. The normalized spacial score (nSPS) is 13.2. The summed E-state index contributed by atoms with van der Waals surface area (Å²) in [7, 11) is 0. The molecule has 2 heterocycles. The van der Waals surface area contributed by atoms with Gasteiger partial charge in [0.05, 0.1) is 17.3 Å². The Labute approximate surface area is 107 Å². The second kappa shape index (κ2) is 4.04. The Morgan fingerprint density at radius 2 is 2.18 bits per heavy atom. The first-order chi connectivity index (χ1) is 8.25. The van der Waals surface area contributed by atoms with E-state index in [2.05, 4.69) is 15.9 Å². The molecule has 0 aliphatic carbocycles. The standard InChI is InChI=1S/C13H9BrO3/c14-10-4-6-17-13(10)12(15)9-1-2-11-8(7-9)3-5-16-11/h1-2,4,6-7H,3,5H2. The maximum Gasteiger partial charge on any atom is 0.229 e. The number of fused-ring (bicyclic) bond motifs is 1. The number of carbonyl (C=O) groups is 1. The van der Waals surface area contributed by atoms with E-state index < -0.39 is 0 Å². The molecule has 3 nitrogen and oxygen atoms in total. The third-order valence-electron chi connectivity index (χ3n) is 2.78. The van der Waals surface area contributed by atoms with Crippen LogP contribution in [0, 0.1) is 0 Å². The minimum Gasteiger partial charge on any atom is -0.493 e. The quantitative estimate of drug-likeness (QED) is 0.798. The molecule has 2 aromatic rings. The van der Waals surface area contributed by atoms with Crippen molar-refractivity contribution in [1.82, 2.24) is 0 Å². The Morgan fingerprint density at radius 1 is 1.29 bits per heavy atom. The molecule has 17 heavy (non-hydrogen) atoms. The lowest BCUT2D eigenvalue weighted by Gasteiger charge is -2.02. The highest BCUT2D eigenvalue weighted by molar-refractivity contribution is 9.10. The van der Waals surface area contributed by atoms with Gasteiger partial charge < -0.3 is 9.15 Å². The Hall–Kier alpha value is -1.55. The summed E-state index contributed by atoms with van der Waals surface area (Å²) in [6.45, 7) is 0.692. The summed E-state index contributed by atoms with van der Waals surface area (Å²) in [5, 5.41) is 0. The van der Waals surface area contributed by atoms with Gasteiger partial charge in [0.15, 0.2) is 5.76 Å². The van der Waals surface area contributed by atoms with E-state index in [1.807, 2.05) is 12.1 Å². The maximum atomic E-state index is 12.2. The van der Waals surface area contributed by atoms with Crippen LogP contribution < -0.4 is 4.74 Å². The molecule has 1 aromatic carbocycles. The van der Waals surface area contributed by atoms with Crippen molar-refractivity contribution in [2.24, 2.45) is 0 Å². The van der Waals surface area contributed by atoms with Gasteiger partial charge in [0, 0.05) is 12.0 Å². The first-order valence-corrected chi connectivity index (χ1v) is 6.08. The molecule has 0 atom stereocenters. The molecule has 1 aliphatic heterocycles. The molecule has 0 radical (unpaired) electrons. The van der Waals surface area contributed by atoms with Crippen molar-refractivity contribution in [1.29, 1.82) is 0 Å². The summed E-state index contributed by atoms with van der Waals surface area (Å²) in [6.07, 6.45) is 2.35. The topological polar surface area (TPSA) is 39.4 Å². The number of benzene rings is 1. The van der Waals surface area contributed by atoms with Gasteiger partial charge >= 0.3 is 0 Å². The van der Waals surface area contributed by atoms with Crippen LogP contribution in [0.4, 0.5) is 0 Å². The summed E-state index contributed by atoms with van der Waals surface area (Å²) >= 11 is 3.29. The van der Waals surface area contributed by atoms with Gasteiger partial charge in [-0.1, -0.05) is 0 Å². The fourth-order valence-corrected chi connectivity index (χ4v) is 2.30. The van der Waals surface area contributed by atoms with Crippen molar-refractivity contribution < 1.29 is 13.9 Å². The highest BCUT2D eigenvalue weighted by atomic mass is 79.9. The number of carbonyl (C=O) groups excluding carboxylic acids is 1. The SMILES string of the molecule is O=C(c1ccc2c(c1)CCO2)c1occc1Br. The Morgan fingerprint density at radius 3 is 2.94 bits per heavy atom. The molecule has 86 valence electrons. The number of halogens is 1. The van der Waals surface area contributed by atoms with Crippen LogP contribution in [0.5, 0.6) is 5.75 Å². The average molecular weight is 293 g/mol. The van der Waals surface area contributed by atoms with Gasteiger partial charge in [-0.25, -0.2) is 0 Å². The highest BCUT2D eigenvalue weighted by Gasteiger charge is 2.19. The molecule has 0 bridgehead atoms. The van der Waals surface area contributed by atoms with Crippen LogP contribution >= 0.6 is 15.9 Å². The minimum atomic E-state index is -0.114. The van der Waals surface area contributed by atoms with Crippen molar-refractivity contribution in [2.45, 2.75) is 6.42 Å². The highest BCUT2D eigenvalue weighted by Crippen LogP contribution is 2.28. The summed E-state index contributed by atoms with van der Waals surface area (Å²) in [5.41, 5.74) is 1.71. The molecular formula is C13H9BrO3. The zero-order valence-electron chi connectivity index (χ0n) is 8.90. The molecule has 0 spiro atoms. The average Bonchev–Trinajstić information content (AvgIpc) is 2.95. The van der Waals surface area contributed by atoms with Crippen LogP contribution in [-0.2, 0) is 6.42 Å². The van der Waals surface area contributed by atoms with E-state index in [-0.39, 0.29) is 5.78 Å². The molecule has 0 unspecified atom stereocenters. The minimum absolute atomic E-state index is 0.114. The van der Waals surface area contributed by atoms with Crippen molar-refractivity contribution in [2.75, 3.05) is 6.61 Å². The van der Waals surface area contributed by atoms with Gasteiger partial charge in [-0.3, -0.25) is 4.79 Å². The second-order valence-electron chi connectivity index (χ2n) is 3.85. The van der Waals surface area contributed by atoms with Crippen LogP contribution in [0.1, 0.15) is 21.7 Å². The van der Waals surface area contributed by atoms with E-state index in [1.165, 1.54) is 6.26 Å². The van der Waals surface area contributed by atoms with Crippen LogP contribution in [0.2, 0.25) is 0 Å². The zero-order valence-corrected chi connectivity index (χ0v) is 10.5.